The fourth-order valence-corrected chi connectivity index (χ4v) is 2.28. The first-order valence-corrected chi connectivity index (χ1v) is 6.12. The van der Waals surface area contributed by atoms with Gasteiger partial charge in [0.1, 0.15) is 13.2 Å². The van der Waals surface area contributed by atoms with Crippen LogP contribution in [0.1, 0.15) is 23.2 Å². The molecule has 0 radical (unpaired) electrons. The van der Waals surface area contributed by atoms with E-state index >= 15 is 0 Å². The summed E-state index contributed by atoms with van der Waals surface area (Å²) in [6.07, 6.45) is -0.601. The molecule has 1 heterocycles. The molecule has 0 atom stereocenters. The lowest BCUT2D eigenvalue weighted by atomic mass is 9.88. The zero-order valence-electron chi connectivity index (χ0n) is 10.1. The van der Waals surface area contributed by atoms with Gasteiger partial charge in [-0.2, -0.15) is 0 Å². The first-order chi connectivity index (χ1) is 9.05. The van der Waals surface area contributed by atoms with Crippen LogP contribution in [0.5, 0.6) is 11.5 Å². The standard InChI is InChI=1S/C13H13F2NO3/c14-13(15)6-8(7-13)16-12(17)9-2-1-3-10-11(9)19-5-4-18-10/h1-3,8H,4-7H2,(H,16,17). The maximum Gasteiger partial charge on any atom is 0.255 e. The van der Waals surface area contributed by atoms with Crippen molar-refractivity contribution in [3.05, 3.63) is 23.8 Å². The highest BCUT2D eigenvalue weighted by Crippen LogP contribution is 2.38. The Morgan fingerprint density at radius 2 is 2.00 bits per heavy atom. The number of fused-ring (bicyclic) bond motifs is 1. The van der Waals surface area contributed by atoms with Gasteiger partial charge < -0.3 is 14.8 Å². The molecule has 1 amide bonds. The fourth-order valence-electron chi connectivity index (χ4n) is 2.28. The van der Waals surface area contributed by atoms with Crippen molar-refractivity contribution in [2.24, 2.45) is 0 Å². The summed E-state index contributed by atoms with van der Waals surface area (Å²) < 4.78 is 36.2. The second-order valence-electron chi connectivity index (χ2n) is 4.76. The molecule has 4 nitrogen and oxygen atoms in total. The Hall–Kier alpha value is -1.85. The van der Waals surface area contributed by atoms with Crippen LogP contribution in [-0.2, 0) is 0 Å². The summed E-state index contributed by atoms with van der Waals surface area (Å²) in [7, 11) is 0. The van der Waals surface area contributed by atoms with Gasteiger partial charge >= 0.3 is 0 Å². The number of alkyl halides is 2. The van der Waals surface area contributed by atoms with Crippen LogP contribution in [0.3, 0.4) is 0 Å². The number of nitrogens with one attached hydrogen (secondary N) is 1. The van der Waals surface area contributed by atoms with Gasteiger partial charge in [-0.15, -0.1) is 0 Å². The van der Waals surface area contributed by atoms with Crippen LogP contribution >= 0.6 is 0 Å². The van der Waals surface area contributed by atoms with E-state index in [2.05, 4.69) is 5.32 Å². The van der Waals surface area contributed by atoms with E-state index in [-0.39, 0.29) is 12.8 Å². The molecule has 1 aromatic rings. The second kappa shape index (κ2) is 4.36. The van der Waals surface area contributed by atoms with Gasteiger partial charge in [-0.3, -0.25) is 4.79 Å². The highest BCUT2D eigenvalue weighted by molar-refractivity contribution is 5.98. The highest BCUT2D eigenvalue weighted by atomic mass is 19.3. The average molecular weight is 269 g/mol. The molecule has 1 saturated carbocycles. The Morgan fingerprint density at radius 1 is 1.26 bits per heavy atom. The van der Waals surface area contributed by atoms with E-state index in [1.54, 1.807) is 18.2 Å². The topological polar surface area (TPSA) is 47.6 Å². The molecule has 1 fully saturated rings. The molecule has 1 aliphatic carbocycles. The minimum atomic E-state index is -2.65. The number of hydrogen-bond acceptors (Lipinski definition) is 3. The van der Waals surface area contributed by atoms with E-state index in [0.29, 0.717) is 30.3 Å². The first kappa shape index (κ1) is 12.2. The minimum absolute atomic E-state index is 0.300. The molecule has 0 aromatic heterocycles. The van der Waals surface area contributed by atoms with E-state index < -0.39 is 17.9 Å². The fraction of sp³-hybridized carbons (Fsp3) is 0.462. The lowest BCUT2D eigenvalue weighted by Gasteiger charge is -2.35. The summed E-state index contributed by atoms with van der Waals surface area (Å²) in [6, 6.07) is 4.52. The molecule has 3 rings (SSSR count). The number of ether oxygens (including phenoxy) is 2. The molecule has 19 heavy (non-hydrogen) atoms. The largest absolute Gasteiger partial charge is 0.486 e. The Kier molecular flexibility index (Phi) is 2.80. The monoisotopic (exact) mass is 269 g/mol. The predicted molar refractivity (Wildman–Crippen MR) is 62.9 cm³/mol. The number of amides is 1. The van der Waals surface area contributed by atoms with Gasteiger partial charge in [0.25, 0.3) is 11.8 Å². The number of carbonyl (C=O) groups is 1. The summed E-state index contributed by atoms with van der Waals surface area (Å²) in [5.74, 6) is -2.15. The third-order valence-corrected chi connectivity index (χ3v) is 3.24. The smallest absolute Gasteiger partial charge is 0.255 e. The summed E-state index contributed by atoms with van der Waals surface area (Å²) >= 11 is 0. The van der Waals surface area contributed by atoms with Crippen LogP contribution in [-0.4, -0.2) is 31.1 Å². The van der Waals surface area contributed by atoms with Crippen molar-refractivity contribution < 1.29 is 23.0 Å². The normalized spacial score (nSPS) is 20.5. The molecular formula is C13H13F2NO3. The molecule has 0 bridgehead atoms. The quantitative estimate of drug-likeness (QED) is 0.893. The van der Waals surface area contributed by atoms with Crippen molar-refractivity contribution in [1.82, 2.24) is 5.32 Å². The van der Waals surface area contributed by atoms with Crippen molar-refractivity contribution >= 4 is 5.91 Å². The van der Waals surface area contributed by atoms with Crippen LogP contribution in [0.15, 0.2) is 18.2 Å². The van der Waals surface area contributed by atoms with Crippen molar-refractivity contribution in [3.63, 3.8) is 0 Å². The van der Waals surface area contributed by atoms with Gasteiger partial charge in [0.15, 0.2) is 11.5 Å². The van der Waals surface area contributed by atoms with Gasteiger partial charge in [0, 0.05) is 18.9 Å². The molecule has 2 aliphatic rings. The van der Waals surface area contributed by atoms with Gasteiger partial charge in [-0.25, -0.2) is 8.78 Å². The average Bonchev–Trinajstić information content (AvgIpc) is 2.36. The Bertz CT molecular complexity index is 511. The first-order valence-electron chi connectivity index (χ1n) is 6.12. The molecule has 1 N–H and O–H groups in total. The summed E-state index contributed by atoms with van der Waals surface area (Å²) in [6.45, 7) is 0.811. The molecule has 6 heteroatoms. The minimum Gasteiger partial charge on any atom is -0.486 e. The van der Waals surface area contributed by atoms with E-state index in [9.17, 15) is 13.6 Å². The number of hydrogen-bond donors (Lipinski definition) is 1. The Labute approximate surface area is 108 Å². The molecular weight excluding hydrogens is 256 g/mol. The maximum atomic E-state index is 12.7. The van der Waals surface area contributed by atoms with E-state index in [1.807, 2.05) is 0 Å². The lowest BCUT2D eigenvalue weighted by Crippen LogP contribution is -2.50. The Morgan fingerprint density at radius 3 is 2.74 bits per heavy atom. The number of para-hydroxylation sites is 1. The molecule has 0 saturated heterocycles. The molecule has 102 valence electrons. The second-order valence-corrected chi connectivity index (χ2v) is 4.76. The molecule has 1 aromatic carbocycles. The van der Waals surface area contributed by atoms with Gasteiger partial charge in [-0.1, -0.05) is 6.07 Å². The van der Waals surface area contributed by atoms with E-state index in [4.69, 9.17) is 9.47 Å². The van der Waals surface area contributed by atoms with Gasteiger partial charge in [-0.05, 0) is 12.1 Å². The van der Waals surface area contributed by atoms with Crippen molar-refractivity contribution in [2.75, 3.05) is 13.2 Å². The summed E-state index contributed by atoms with van der Waals surface area (Å²) in [5.41, 5.74) is 0.326. The third-order valence-electron chi connectivity index (χ3n) is 3.24. The van der Waals surface area contributed by atoms with Gasteiger partial charge in [0.05, 0.1) is 5.56 Å². The van der Waals surface area contributed by atoms with Crippen molar-refractivity contribution in [3.8, 4) is 11.5 Å². The van der Waals surface area contributed by atoms with Crippen LogP contribution < -0.4 is 14.8 Å². The SMILES string of the molecule is O=C(NC1CC(F)(F)C1)c1cccc2c1OCCO2. The van der Waals surface area contributed by atoms with E-state index in [0.717, 1.165) is 0 Å². The predicted octanol–water partition coefficient (Wildman–Crippen LogP) is 1.99. The zero-order valence-corrected chi connectivity index (χ0v) is 10.1. The summed E-state index contributed by atoms with van der Waals surface area (Å²) in [5, 5.41) is 2.58. The summed E-state index contributed by atoms with van der Waals surface area (Å²) in [4.78, 5) is 12.0. The number of carbonyl (C=O) groups excluding carboxylic acids is 1. The van der Waals surface area contributed by atoms with Crippen molar-refractivity contribution in [1.29, 1.82) is 0 Å². The highest BCUT2D eigenvalue weighted by Gasteiger charge is 2.46. The lowest BCUT2D eigenvalue weighted by molar-refractivity contribution is -0.0901. The van der Waals surface area contributed by atoms with Crippen LogP contribution in [0.2, 0.25) is 0 Å². The number of rotatable bonds is 2. The van der Waals surface area contributed by atoms with E-state index in [1.165, 1.54) is 0 Å². The third kappa shape index (κ3) is 2.34. The van der Waals surface area contributed by atoms with Crippen molar-refractivity contribution in [2.45, 2.75) is 24.8 Å². The molecule has 0 unspecified atom stereocenters. The number of benzene rings is 1. The van der Waals surface area contributed by atoms with Crippen LogP contribution in [0.4, 0.5) is 8.78 Å². The maximum absolute atomic E-state index is 12.7. The Balaban J connectivity index is 1.73. The van der Waals surface area contributed by atoms with Gasteiger partial charge in [0.2, 0.25) is 0 Å². The molecule has 0 spiro atoms. The zero-order chi connectivity index (χ0) is 13.5. The molecule has 1 aliphatic heterocycles. The van der Waals surface area contributed by atoms with Crippen LogP contribution in [0, 0.1) is 0 Å². The number of halogens is 2. The van der Waals surface area contributed by atoms with Crippen LogP contribution in [0.25, 0.3) is 0 Å².